The fraction of sp³-hybridized carbons (Fsp3) is 0.0833. The van der Waals surface area contributed by atoms with Crippen LogP contribution < -0.4 is 4.72 Å². The number of pyridine rings is 1. The zero-order valence-corrected chi connectivity index (χ0v) is 14.1. The van der Waals surface area contributed by atoms with E-state index in [1.807, 2.05) is 6.92 Å². The molecule has 0 aliphatic rings. The van der Waals surface area contributed by atoms with Crippen molar-refractivity contribution in [3.63, 3.8) is 0 Å². The molecule has 0 fully saturated rings. The molecular weight excluding hydrogens is 387 g/mol. The number of hydrogen-bond acceptors (Lipinski definition) is 3. The van der Waals surface area contributed by atoms with Crippen molar-refractivity contribution in [2.24, 2.45) is 0 Å². The van der Waals surface area contributed by atoms with Crippen LogP contribution in [0.15, 0.2) is 39.8 Å². The van der Waals surface area contributed by atoms with E-state index >= 15 is 0 Å². The Kier molecular flexibility index (Phi) is 4.59. The standard InChI is InChI=1S/C12H9BrCl2N2O2S/c1-7-2-3-9(14)10(4-7)17-20(18,19)11-5-8(13)6-16-12(11)15/h2-6,17H,1H3. The fourth-order valence-electron chi connectivity index (χ4n) is 1.51. The Morgan fingerprint density at radius 2 is 1.95 bits per heavy atom. The quantitative estimate of drug-likeness (QED) is 0.789. The number of anilines is 1. The molecule has 0 amide bonds. The van der Waals surface area contributed by atoms with Crippen molar-refractivity contribution in [1.82, 2.24) is 4.98 Å². The first kappa shape index (κ1) is 15.6. The van der Waals surface area contributed by atoms with Crippen molar-refractivity contribution in [2.45, 2.75) is 11.8 Å². The number of benzene rings is 1. The van der Waals surface area contributed by atoms with Crippen LogP contribution >= 0.6 is 39.1 Å². The summed E-state index contributed by atoms with van der Waals surface area (Å²) in [7, 11) is -3.86. The van der Waals surface area contributed by atoms with Crippen LogP contribution in [0.3, 0.4) is 0 Å². The Bertz CT molecular complexity index is 766. The van der Waals surface area contributed by atoms with Gasteiger partial charge < -0.3 is 0 Å². The third-order valence-corrected chi connectivity index (χ3v) is 4.98. The van der Waals surface area contributed by atoms with Gasteiger partial charge in [0.2, 0.25) is 0 Å². The lowest BCUT2D eigenvalue weighted by molar-refractivity contribution is 0.601. The largest absolute Gasteiger partial charge is 0.278 e. The molecule has 106 valence electrons. The number of halogens is 3. The summed E-state index contributed by atoms with van der Waals surface area (Å²) in [6.07, 6.45) is 1.42. The van der Waals surface area contributed by atoms with E-state index in [0.29, 0.717) is 15.2 Å². The maximum Gasteiger partial charge on any atom is 0.265 e. The second kappa shape index (κ2) is 5.89. The third-order valence-electron chi connectivity index (χ3n) is 2.43. The van der Waals surface area contributed by atoms with Gasteiger partial charge in [0.05, 0.1) is 10.7 Å². The minimum Gasteiger partial charge on any atom is -0.278 e. The summed E-state index contributed by atoms with van der Waals surface area (Å²) in [6.45, 7) is 1.84. The van der Waals surface area contributed by atoms with E-state index in [1.54, 1.807) is 18.2 Å². The Morgan fingerprint density at radius 3 is 2.65 bits per heavy atom. The van der Waals surface area contributed by atoms with Gasteiger partial charge in [0.25, 0.3) is 10.0 Å². The maximum atomic E-state index is 12.3. The molecule has 8 heteroatoms. The summed E-state index contributed by atoms with van der Waals surface area (Å²) in [5.74, 6) is 0. The molecule has 2 rings (SSSR count). The molecule has 2 aromatic rings. The average molecular weight is 396 g/mol. The monoisotopic (exact) mass is 394 g/mol. The molecule has 0 unspecified atom stereocenters. The first-order chi connectivity index (χ1) is 9.29. The highest BCUT2D eigenvalue weighted by molar-refractivity contribution is 9.10. The van der Waals surface area contributed by atoms with Crippen molar-refractivity contribution in [1.29, 1.82) is 0 Å². The molecule has 1 heterocycles. The number of hydrogen-bond donors (Lipinski definition) is 1. The maximum absolute atomic E-state index is 12.3. The van der Waals surface area contributed by atoms with Gasteiger partial charge in [0.15, 0.2) is 0 Å². The zero-order valence-electron chi connectivity index (χ0n) is 10.2. The Balaban J connectivity index is 2.46. The molecule has 0 bridgehead atoms. The molecule has 0 spiro atoms. The Hall–Kier alpha value is -0.820. The van der Waals surface area contributed by atoms with Gasteiger partial charge in [-0.1, -0.05) is 29.3 Å². The smallest absolute Gasteiger partial charge is 0.265 e. The second-order valence-electron chi connectivity index (χ2n) is 4.03. The summed E-state index contributed by atoms with van der Waals surface area (Å²) in [5, 5.41) is 0.197. The fourth-order valence-corrected chi connectivity index (χ4v) is 3.75. The molecular formula is C12H9BrCl2N2O2S. The molecule has 0 saturated carbocycles. The van der Waals surface area contributed by atoms with Crippen LogP contribution in [0.1, 0.15) is 5.56 Å². The van der Waals surface area contributed by atoms with E-state index in [-0.39, 0.29) is 10.0 Å². The van der Waals surface area contributed by atoms with E-state index in [1.165, 1.54) is 12.3 Å². The summed E-state index contributed by atoms with van der Waals surface area (Å²) in [6, 6.07) is 6.42. The highest BCUT2D eigenvalue weighted by atomic mass is 79.9. The van der Waals surface area contributed by atoms with E-state index < -0.39 is 10.0 Å². The number of aromatic nitrogens is 1. The number of rotatable bonds is 3. The molecule has 0 aliphatic carbocycles. The van der Waals surface area contributed by atoms with E-state index in [9.17, 15) is 8.42 Å². The number of nitrogens with zero attached hydrogens (tertiary/aromatic N) is 1. The summed E-state index contributed by atoms with van der Waals surface area (Å²) < 4.78 is 27.6. The average Bonchev–Trinajstić information content (AvgIpc) is 2.36. The minimum absolute atomic E-state index is 0.107. The van der Waals surface area contributed by atoms with E-state index in [0.717, 1.165) is 5.56 Å². The van der Waals surface area contributed by atoms with Gasteiger partial charge in [-0.2, -0.15) is 0 Å². The lowest BCUT2D eigenvalue weighted by Crippen LogP contribution is -2.14. The van der Waals surface area contributed by atoms with Gasteiger partial charge in [-0.3, -0.25) is 4.72 Å². The topological polar surface area (TPSA) is 59.1 Å². The molecule has 0 atom stereocenters. The highest BCUT2D eigenvalue weighted by Gasteiger charge is 2.20. The predicted octanol–water partition coefficient (Wildman–Crippen LogP) is 4.26. The Morgan fingerprint density at radius 1 is 1.25 bits per heavy atom. The summed E-state index contributed by atoms with van der Waals surface area (Å²) in [4.78, 5) is 3.67. The lowest BCUT2D eigenvalue weighted by Gasteiger charge is -2.11. The van der Waals surface area contributed by atoms with Crippen molar-refractivity contribution < 1.29 is 8.42 Å². The second-order valence-corrected chi connectivity index (χ2v) is 7.36. The molecule has 4 nitrogen and oxygen atoms in total. The summed E-state index contributed by atoms with van der Waals surface area (Å²) in [5.41, 5.74) is 1.17. The molecule has 1 aromatic carbocycles. The van der Waals surface area contributed by atoms with Crippen LogP contribution in [-0.4, -0.2) is 13.4 Å². The number of sulfonamides is 1. The first-order valence-electron chi connectivity index (χ1n) is 5.39. The third kappa shape index (κ3) is 3.44. The zero-order chi connectivity index (χ0) is 14.9. The van der Waals surface area contributed by atoms with Crippen LogP contribution in [0, 0.1) is 6.92 Å². The normalized spacial score (nSPS) is 11.4. The Labute approximate surface area is 135 Å². The van der Waals surface area contributed by atoms with E-state index in [2.05, 4.69) is 25.6 Å². The number of aryl methyl sites for hydroxylation is 1. The van der Waals surface area contributed by atoms with Gasteiger partial charge in [-0.25, -0.2) is 13.4 Å². The SMILES string of the molecule is Cc1ccc(Cl)c(NS(=O)(=O)c2cc(Br)cnc2Cl)c1. The minimum atomic E-state index is -3.86. The van der Waals surface area contributed by atoms with Crippen molar-refractivity contribution in [2.75, 3.05) is 4.72 Å². The van der Waals surface area contributed by atoms with Crippen LogP contribution in [-0.2, 0) is 10.0 Å². The van der Waals surface area contributed by atoms with Gasteiger partial charge in [0.1, 0.15) is 10.0 Å². The van der Waals surface area contributed by atoms with E-state index in [4.69, 9.17) is 23.2 Å². The molecule has 1 aromatic heterocycles. The van der Waals surface area contributed by atoms with Gasteiger partial charge >= 0.3 is 0 Å². The summed E-state index contributed by atoms with van der Waals surface area (Å²) >= 11 is 15.0. The van der Waals surface area contributed by atoms with Crippen LogP contribution in [0.2, 0.25) is 10.2 Å². The van der Waals surface area contributed by atoms with Gasteiger partial charge in [-0.05, 0) is 46.6 Å². The van der Waals surface area contributed by atoms with Crippen molar-refractivity contribution in [3.8, 4) is 0 Å². The molecule has 0 radical (unpaired) electrons. The van der Waals surface area contributed by atoms with Crippen LogP contribution in [0.4, 0.5) is 5.69 Å². The number of nitrogens with one attached hydrogen (secondary N) is 1. The predicted molar refractivity (Wildman–Crippen MR) is 83.9 cm³/mol. The van der Waals surface area contributed by atoms with Crippen molar-refractivity contribution in [3.05, 3.63) is 50.7 Å². The molecule has 0 aliphatic heterocycles. The molecule has 1 N–H and O–H groups in total. The van der Waals surface area contributed by atoms with Gasteiger partial charge in [0, 0.05) is 10.7 Å². The molecule has 0 saturated heterocycles. The van der Waals surface area contributed by atoms with Gasteiger partial charge in [-0.15, -0.1) is 0 Å². The first-order valence-corrected chi connectivity index (χ1v) is 8.43. The van der Waals surface area contributed by atoms with Crippen LogP contribution in [0.5, 0.6) is 0 Å². The lowest BCUT2D eigenvalue weighted by atomic mass is 10.2. The highest BCUT2D eigenvalue weighted by Crippen LogP contribution is 2.28. The van der Waals surface area contributed by atoms with Crippen LogP contribution in [0.25, 0.3) is 0 Å². The molecule has 20 heavy (non-hydrogen) atoms. The van der Waals surface area contributed by atoms with Crippen molar-refractivity contribution >= 4 is 54.8 Å².